The predicted octanol–water partition coefficient (Wildman–Crippen LogP) is 2.05. The minimum Gasteiger partial charge on any atom is -0.368 e. The third-order valence-electron chi connectivity index (χ3n) is 6.31. The van der Waals surface area contributed by atoms with Crippen LogP contribution < -0.4 is 5.32 Å². The van der Waals surface area contributed by atoms with Crippen molar-refractivity contribution in [3.63, 3.8) is 0 Å². The molecule has 2 amide bonds. The van der Waals surface area contributed by atoms with Gasteiger partial charge in [0.25, 0.3) is 5.91 Å². The van der Waals surface area contributed by atoms with Crippen molar-refractivity contribution in [2.45, 2.75) is 31.0 Å². The van der Waals surface area contributed by atoms with Crippen LogP contribution in [0.4, 0.5) is 0 Å². The standard InChI is InChI=1S/C26H24N4O4/c31-22-16-34-23-9-12-30(24(22)23)26(33)21(13-17-5-4-10-27-14-17)29-25(32)20-15-28-11-8-19(20)18-6-2-1-3-7-18/h1-8,10-11,14-15,21,23-24H,9,12-13,16H2,(H,29,32). The van der Waals surface area contributed by atoms with Gasteiger partial charge in [-0.1, -0.05) is 36.4 Å². The van der Waals surface area contributed by atoms with Gasteiger partial charge >= 0.3 is 0 Å². The van der Waals surface area contributed by atoms with Gasteiger partial charge in [-0.25, -0.2) is 0 Å². The summed E-state index contributed by atoms with van der Waals surface area (Å²) in [5.41, 5.74) is 2.78. The molecule has 34 heavy (non-hydrogen) atoms. The van der Waals surface area contributed by atoms with E-state index < -0.39 is 18.0 Å². The monoisotopic (exact) mass is 456 g/mol. The van der Waals surface area contributed by atoms with Gasteiger partial charge in [0.15, 0.2) is 5.78 Å². The lowest BCUT2D eigenvalue weighted by Gasteiger charge is -2.27. The summed E-state index contributed by atoms with van der Waals surface area (Å²) in [7, 11) is 0. The number of Topliss-reactive ketones (excluding diaryl/α,β-unsaturated/α-hetero) is 1. The first-order valence-corrected chi connectivity index (χ1v) is 11.3. The lowest BCUT2D eigenvalue weighted by molar-refractivity contribution is -0.138. The lowest BCUT2D eigenvalue weighted by Crippen LogP contribution is -2.53. The van der Waals surface area contributed by atoms with E-state index >= 15 is 0 Å². The van der Waals surface area contributed by atoms with Crippen molar-refractivity contribution in [3.8, 4) is 11.1 Å². The minimum absolute atomic E-state index is 0.0227. The molecule has 1 N–H and O–H groups in total. The van der Waals surface area contributed by atoms with Crippen LogP contribution in [0.5, 0.6) is 0 Å². The number of nitrogens with zero attached hydrogens (tertiary/aromatic N) is 3. The first-order valence-electron chi connectivity index (χ1n) is 11.3. The van der Waals surface area contributed by atoms with Gasteiger partial charge in [-0.2, -0.15) is 0 Å². The molecule has 2 aromatic heterocycles. The molecule has 3 atom stereocenters. The number of likely N-dealkylation sites (tertiary alicyclic amines) is 1. The number of amides is 2. The minimum atomic E-state index is -0.868. The fraction of sp³-hybridized carbons (Fsp3) is 0.269. The summed E-state index contributed by atoms with van der Waals surface area (Å²) < 4.78 is 5.53. The van der Waals surface area contributed by atoms with Gasteiger partial charge in [-0.15, -0.1) is 0 Å². The summed E-state index contributed by atoms with van der Waals surface area (Å²) in [4.78, 5) is 49.2. The number of aromatic nitrogens is 2. The van der Waals surface area contributed by atoms with Gasteiger partial charge in [0.1, 0.15) is 18.7 Å². The average molecular weight is 457 g/mol. The van der Waals surface area contributed by atoms with Crippen LogP contribution >= 0.6 is 0 Å². The molecule has 5 rings (SSSR count). The molecular formula is C26H24N4O4. The highest BCUT2D eigenvalue weighted by molar-refractivity contribution is 6.03. The van der Waals surface area contributed by atoms with Crippen molar-refractivity contribution in [2.75, 3.05) is 13.2 Å². The molecule has 0 aliphatic carbocycles. The zero-order valence-corrected chi connectivity index (χ0v) is 18.5. The second-order valence-electron chi connectivity index (χ2n) is 8.46. The Labute approximate surface area is 197 Å². The second-order valence-corrected chi connectivity index (χ2v) is 8.46. The molecule has 0 bridgehead atoms. The molecular weight excluding hydrogens is 432 g/mol. The number of hydrogen-bond acceptors (Lipinski definition) is 6. The van der Waals surface area contributed by atoms with Crippen LogP contribution in [0.2, 0.25) is 0 Å². The topological polar surface area (TPSA) is 101 Å². The summed E-state index contributed by atoms with van der Waals surface area (Å²) in [6, 6.07) is 13.5. The van der Waals surface area contributed by atoms with Gasteiger partial charge in [-0.05, 0) is 35.2 Å². The van der Waals surface area contributed by atoms with Crippen molar-refractivity contribution < 1.29 is 19.1 Å². The fourth-order valence-corrected chi connectivity index (χ4v) is 4.68. The number of nitrogens with one attached hydrogen (secondary N) is 1. The van der Waals surface area contributed by atoms with Crippen LogP contribution in [0, 0.1) is 0 Å². The number of carbonyl (C=O) groups excluding carboxylic acids is 3. The number of hydrogen-bond donors (Lipinski definition) is 1. The third kappa shape index (κ3) is 4.32. The SMILES string of the molecule is O=C(NC(Cc1cccnc1)C(=O)N1CCC2OCC(=O)C21)c1cnccc1-c1ccccc1. The van der Waals surface area contributed by atoms with Crippen molar-refractivity contribution in [3.05, 3.63) is 84.4 Å². The maximum Gasteiger partial charge on any atom is 0.254 e. The number of fused-ring (bicyclic) bond motifs is 1. The maximum atomic E-state index is 13.6. The van der Waals surface area contributed by atoms with Gasteiger partial charge in [0.05, 0.1) is 11.7 Å². The Morgan fingerprint density at radius 3 is 2.68 bits per heavy atom. The Morgan fingerprint density at radius 1 is 1.06 bits per heavy atom. The first-order chi connectivity index (χ1) is 16.6. The van der Waals surface area contributed by atoms with E-state index in [1.807, 2.05) is 36.4 Å². The molecule has 3 unspecified atom stereocenters. The van der Waals surface area contributed by atoms with E-state index in [0.29, 0.717) is 18.5 Å². The van der Waals surface area contributed by atoms with Crippen LogP contribution in [0.3, 0.4) is 0 Å². The predicted molar refractivity (Wildman–Crippen MR) is 124 cm³/mol. The van der Waals surface area contributed by atoms with Crippen LogP contribution in [0.1, 0.15) is 22.3 Å². The summed E-state index contributed by atoms with van der Waals surface area (Å²) in [5, 5.41) is 2.91. The highest BCUT2D eigenvalue weighted by atomic mass is 16.5. The van der Waals surface area contributed by atoms with Crippen LogP contribution in [0.15, 0.2) is 73.3 Å². The van der Waals surface area contributed by atoms with E-state index in [4.69, 9.17) is 4.74 Å². The summed E-state index contributed by atoms with van der Waals surface area (Å²) in [5.74, 6) is -0.798. The Bertz CT molecular complexity index is 1200. The molecule has 0 radical (unpaired) electrons. The Morgan fingerprint density at radius 2 is 1.88 bits per heavy atom. The highest BCUT2D eigenvalue weighted by Crippen LogP contribution is 2.28. The molecule has 2 aliphatic heterocycles. The number of rotatable bonds is 6. The van der Waals surface area contributed by atoms with Gasteiger partial charge in [0, 0.05) is 37.8 Å². The Balaban J connectivity index is 1.43. The van der Waals surface area contributed by atoms with Crippen LogP contribution in [-0.4, -0.2) is 63.8 Å². The number of ether oxygens (including phenoxy) is 1. The van der Waals surface area contributed by atoms with Crippen LogP contribution in [0.25, 0.3) is 11.1 Å². The van der Waals surface area contributed by atoms with E-state index in [0.717, 1.165) is 16.7 Å². The fourth-order valence-electron chi connectivity index (χ4n) is 4.68. The zero-order valence-electron chi connectivity index (χ0n) is 18.5. The third-order valence-corrected chi connectivity index (χ3v) is 6.31. The number of pyridine rings is 2. The number of benzene rings is 1. The normalized spacial score (nSPS) is 20.1. The van der Waals surface area contributed by atoms with E-state index in [1.54, 1.807) is 35.6 Å². The quantitative estimate of drug-likeness (QED) is 0.609. The maximum absolute atomic E-state index is 13.6. The van der Waals surface area contributed by atoms with E-state index in [2.05, 4.69) is 15.3 Å². The summed E-state index contributed by atoms with van der Waals surface area (Å²) in [6.07, 6.45) is 7.05. The lowest BCUT2D eigenvalue weighted by atomic mass is 10.00. The zero-order chi connectivity index (χ0) is 23.5. The van der Waals surface area contributed by atoms with E-state index in [9.17, 15) is 14.4 Å². The average Bonchev–Trinajstić information content (AvgIpc) is 3.47. The number of ketones is 1. The molecule has 2 saturated heterocycles. The molecule has 2 aliphatic rings. The molecule has 4 heterocycles. The molecule has 2 fully saturated rings. The van der Waals surface area contributed by atoms with E-state index in [-0.39, 0.29) is 30.8 Å². The van der Waals surface area contributed by atoms with Crippen molar-refractivity contribution in [2.24, 2.45) is 0 Å². The Kier molecular flexibility index (Phi) is 6.14. The Hall–Kier alpha value is -3.91. The van der Waals surface area contributed by atoms with E-state index in [1.165, 1.54) is 6.20 Å². The van der Waals surface area contributed by atoms with Crippen molar-refractivity contribution >= 4 is 17.6 Å². The molecule has 172 valence electrons. The molecule has 3 aromatic rings. The van der Waals surface area contributed by atoms with Crippen molar-refractivity contribution in [1.82, 2.24) is 20.2 Å². The van der Waals surface area contributed by atoms with Gasteiger partial charge in [0.2, 0.25) is 5.91 Å². The van der Waals surface area contributed by atoms with Gasteiger partial charge in [-0.3, -0.25) is 24.4 Å². The molecule has 0 saturated carbocycles. The highest BCUT2D eigenvalue weighted by Gasteiger charge is 2.48. The van der Waals surface area contributed by atoms with Crippen LogP contribution in [-0.2, 0) is 20.7 Å². The molecule has 8 heteroatoms. The largest absolute Gasteiger partial charge is 0.368 e. The summed E-state index contributed by atoms with van der Waals surface area (Å²) in [6.45, 7) is 0.441. The molecule has 1 aromatic carbocycles. The van der Waals surface area contributed by atoms with Crippen molar-refractivity contribution in [1.29, 1.82) is 0 Å². The molecule has 8 nitrogen and oxygen atoms in total. The van der Waals surface area contributed by atoms with Gasteiger partial charge < -0.3 is 15.0 Å². The smallest absolute Gasteiger partial charge is 0.254 e. The molecule has 0 spiro atoms. The second kappa shape index (κ2) is 9.52. The number of carbonyl (C=O) groups is 3. The summed E-state index contributed by atoms with van der Waals surface area (Å²) >= 11 is 0. The first kappa shape index (κ1) is 21.9.